The molecule has 0 fully saturated rings. The molecule has 0 saturated heterocycles. The average molecular weight is 559 g/mol. The minimum atomic E-state index is -3.90. The van der Waals surface area contributed by atoms with E-state index in [1.54, 1.807) is 38.3 Å². The van der Waals surface area contributed by atoms with Crippen LogP contribution < -0.4 is 14.4 Å². The maximum Gasteiger partial charge on any atom is 0.244 e. The molecular formula is C25H33Cl2N3O5S. The van der Waals surface area contributed by atoms with Crippen molar-refractivity contribution >= 4 is 50.7 Å². The third kappa shape index (κ3) is 8.28. The van der Waals surface area contributed by atoms with E-state index < -0.39 is 28.5 Å². The Bertz CT molecular complexity index is 1160. The molecule has 0 aromatic heterocycles. The predicted octanol–water partition coefficient (Wildman–Crippen LogP) is 4.35. The molecule has 0 bridgehead atoms. The number of hydrogen-bond acceptors (Lipinski definition) is 5. The summed E-state index contributed by atoms with van der Waals surface area (Å²) in [6.07, 6.45) is 1.33. The minimum Gasteiger partial charge on any atom is -0.497 e. The van der Waals surface area contributed by atoms with Crippen molar-refractivity contribution in [3.8, 4) is 5.75 Å². The number of nitrogens with one attached hydrogen (secondary N) is 1. The lowest BCUT2D eigenvalue weighted by Gasteiger charge is -2.33. The van der Waals surface area contributed by atoms with Crippen LogP contribution in [0, 0.1) is 5.92 Å². The second-order valence-electron chi connectivity index (χ2n) is 8.80. The SMILES string of the molecule is CCC(C(=O)NCC(C)C)N(Cc1ccc(OC)cc1)C(=O)CN(c1ccc(Cl)cc1Cl)S(C)(=O)=O. The lowest BCUT2D eigenvalue weighted by molar-refractivity contribution is -0.140. The number of anilines is 1. The highest BCUT2D eigenvalue weighted by Gasteiger charge is 2.32. The zero-order valence-corrected chi connectivity index (χ0v) is 23.5. The molecule has 0 spiro atoms. The second kappa shape index (κ2) is 13.2. The maximum atomic E-state index is 13.7. The largest absolute Gasteiger partial charge is 0.497 e. The number of carbonyl (C=O) groups is 2. The number of carbonyl (C=O) groups excluding carboxylic acids is 2. The molecule has 0 aliphatic rings. The van der Waals surface area contributed by atoms with Gasteiger partial charge in [-0.05, 0) is 48.2 Å². The number of benzene rings is 2. The Labute approximate surface area is 223 Å². The first-order valence-electron chi connectivity index (χ1n) is 11.5. The number of sulfonamides is 1. The zero-order chi connectivity index (χ0) is 27.0. The van der Waals surface area contributed by atoms with Gasteiger partial charge in [-0.2, -0.15) is 0 Å². The van der Waals surface area contributed by atoms with E-state index in [1.165, 1.54) is 23.1 Å². The molecule has 2 aromatic rings. The van der Waals surface area contributed by atoms with Gasteiger partial charge in [0.2, 0.25) is 21.8 Å². The highest BCUT2D eigenvalue weighted by Crippen LogP contribution is 2.30. The molecule has 0 aliphatic heterocycles. The van der Waals surface area contributed by atoms with Crippen LogP contribution in [0.1, 0.15) is 32.8 Å². The van der Waals surface area contributed by atoms with Crippen LogP contribution in [0.4, 0.5) is 5.69 Å². The van der Waals surface area contributed by atoms with Gasteiger partial charge in [0.15, 0.2) is 0 Å². The molecule has 36 heavy (non-hydrogen) atoms. The van der Waals surface area contributed by atoms with E-state index in [2.05, 4.69) is 5.32 Å². The first kappa shape index (κ1) is 29.7. The van der Waals surface area contributed by atoms with Crippen LogP contribution in [-0.4, -0.2) is 57.6 Å². The van der Waals surface area contributed by atoms with Crippen molar-refractivity contribution in [3.05, 3.63) is 58.1 Å². The van der Waals surface area contributed by atoms with Crippen LogP contribution in [0.15, 0.2) is 42.5 Å². The Morgan fingerprint density at radius 1 is 1.08 bits per heavy atom. The summed E-state index contributed by atoms with van der Waals surface area (Å²) in [4.78, 5) is 28.1. The zero-order valence-electron chi connectivity index (χ0n) is 21.1. The normalized spacial score (nSPS) is 12.2. The van der Waals surface area contributed by atoms with Gasteiger partial charge in [-0.25, -0.2) is 8.42 Å². The molecule has 8 nitrogen and oxygen atoms in total. The Morgan fingerprint density at radius 2 is 1.72 bits per heavy atom. The Balaban J connectivity index is 2.45. The van der Waals surface area contributed by atoms with Crippen LogP contribution in [0.3, 0.4) is 0 Å². The van der Waals surface area contributed by atoms with Crippen LogP contribution >= 0.6 is 23.2 Å². The van der Waals surface area contributed by atoms with Gasteiger partial charge in [-0.15, -0.1) is 0 Å². The van der Waals surface area contributed by atoms with Crippen LogP contribution in [0.2, 0.25) is 10.0 Å². The third-order valence-corrected chi connectivity index (χ3v) is 7.10. The number of halogens is 2. The molecule has 0 aliphatic carbocycles. The molecule has 1 N–H and O–H groups in total. The van der Waals surface area contributed by atoms with E-state index in [0.29, 0.717) is 23.7 Å². The summed E-state index contributed by atoms with van der Waals surface area (Å²) in [5, 5.41) is 3.30. The van der Waals surface area contributed by atoms with E-state index in [1.807, 2.05) is 13.8 Å². The fraction of sp³-hybridized carbons (Fsp3) is 0.440. The topological polar surface area (TPSA) is 96.0 Å². The summed E-state index contributed by atoms with van der Waals surface area (Å²) in [5.74, 6) is 0.0289. The monoisotopic (exact) mass is 557 g/mol. The lowest BCUT2D eigenvalue weighted by atomic mass is 10.1. The molecule has 198 valence electrons. The van der Waals surface area contributed by atoms with Gasteiger partial charge in [-0.1, -0.05) is 56.1 Å². The van der Waals surface area contributed by atoms with Gasteiger partial charge >= 0.3 is 0 Å². The molecule has 2 rings (SSSR count). The Kier molecular flexibility index (Phi) is 10.9. The van der Waals surface area contributed by atoms with Crippen molar-refractivity contribution in [2.75, 3.05) is 30.8 Å². The average Bonchev–Trinajstić information content (AvgIpc) is 2.81. The highest BCUT2D eigenvalue weighted by atomic mass is 35.5. The van der Waals surface area contributed by atoms with E-state index in [0.717, 1.165) is 16.1 Å². The predicted molar refractivity (Wildman–Crippen MR) is 144 cm³/mol. The molecule has 2 aromatic carbocycles. The maximum absolute atomic E-state index is 13.7. The number of rotatable bonds is 12. The highest BCUT2D eigenvalue weighted by molar-refractivity contribution is 7.92. The first-order chi connectivity index (χ1) is 16.9. The number of hydrogen-bond donors (Lipinski definition) is 1. The van der Waals surface area contributed by atoms with Crippen molar-refractivity contribution in [1.82, 2.24) is 10.2 Å². The van der Waals surface area contributed by atoms with Gasteiger partial charge in [0, 0.05) is 18.1 Å². The van der Waals surface area contributed by atoms with Gasteiger partial charge in [-0.3, -0.25) is 13.9 Å². The van der Waals surface area contributed by atoms with E-state index in [4.69, 9.17) is 27.9 Å². The fourth-order valence-electron chi connectivity index (χ4n) is 3.55. The number of ether oxygens (including phenoxy) is 1. The standard InChI is InChI=1S/C25H33Cl2N3O5S/c1-6-22(25(32)28-14-17(2)3)29(15-18-7-10-20(35-4)11-8-18)24(31)16-30(36(5,33)34)23-12-9-19(26)13-21(23)27/h7-13,17,22H,6,14-16H2,1-5H3,(H,28,32). The molecule has 1 atom stereocenters. The van der Waals surface area contributed by atoms with E-state index >= 15 is 0 Å². The molecule has 11 heteroatoms. The number of methoxy groups -OCH3 is 1. The van der Waals surface area contributed by atoms with Crippen LogP contribution in [-0.2, 0) is 26.2 Å². The molecule has 0 heterocycles. The summed E-state index contributed by atoms with van der Waals surface area (Å²) in [5.41, 5.74) is 0.883. The van der Waals surface area contributed by atoms with Crippen molar-refractivity contribution in [3.63, 3.8) is 0 Å². The van der Waals surface area contributed by atoms with E-state index in [-0.39, 0.29) is 29.1 Å². The van der Waals surface area contributed by atoms with Crippen LogP contribution in [0.25, 0.3) is 0 Å². The van der Waals surface area contributed by atoms with Gasteiger partial charge in [0.1, 0.15) is 18.3 Å². The first-order valence-corrected chi connectivity index (χ1v) is 14.1. The molecule has 1 unspecified atom stereocenters. The number of nitrogens with zero attached hydrogens (tertiary/aromatic N) is 2. The Hall–Kier alpha value is -2.49. The smallest absolute Gasteiger partial charge is 0.244 e. The molecule has 0 radical (unpaired) electrons. The van der Waals surface area contributed by atoms with Crippen molar-refractivity contribution in [1.29, 1.82) is 0 Å². The quantitative estimate of drug-likeness (QED) is 0.418. The molecular weight excluding hydrogens is 525 g/mol. The third-order valence-electron chi connectivity index (χ3n) is 5.44. The van der Waals surface area contributed by atoms with Crippen molar-refractivity contribution in [2.45, 2.75) is 39.8 Å². The summed E-state index contributed by atoms with van der Waals surface area (Å²) in [7, 11) is -2.34. The molecule has 2 amide bonds. The summed E-state index contributed by atoms with van der Waals surface area (Å²) in [6.45, 7) is 5.77. The van der Waals surface area contributed by atoms with E-state index in [9.17, 15) is 18.0 Å². The summed E-state index contributed by atoms with van der Waals surface area (Å²) < 4.78 is 31.5. The van der Waals surface area contributed by atoms with Crippen molar-refractivity contribution in [2.24, 2.45) is 5.92 Å². The van der Waals surface area contributed by atoms with Gasteiger partial charge < -0.3 is 15.0 Å². The summed E-state index contributed by atoms with van der Waals surface area (Å²) >= 11 is 12.2. The van der Waals surface area contributed by atoms with Gasteiger partial charge in [0.25, 0.3) is 0 Å². The number of amides is 2. The Morgan fingerprint density at radius 3 is 2.22 bits per heavy atom. The van der Waals surface area contributed by atoms with Crippen LogP contribution in [0.5, 0.6) is 5.75 Å². The second-order valence-corrected chi connectivity index (χ2v) is 11.5. The van der Waals surface area contributed by atoms with Gasteiger partial charge in [0.05, 0.1) is 24.1 Å². The van der Waals surface area contributed by atoms with Crippen molar-refractivity contribution < 1.29 is 22.7 Å². The lowest BCUT2D eigenvalue weighted by Crippen LogP contribution is -2.52. The molecule has 0 saturated carbocycles. The summed E-state index contributed by atoms with van der Waals surface area (Å²) in [6, 6.07) is 10.6. The fourth-order valence-corrected chi connectivity index (χ4v) is 4.97. The minimum absolute atomic E-state index is 0.0872.